The Kier molecular flexibility index (Phi) is 7.49. The molecule has 1 heterocycles. The van der Waals surface area contributed by atoms with Crippen LogP contribution >= 0.6 is 0 Å². The molecule has 2 N–H and O–H groups in total. The van der Waals surface area contributed by atoms with Crippen LogP contribution in [-0.4, -0.2) is 28.7 Å². The zero-order chi connectivity index (χ0) is 24.0. The molecule has 0 spiro atoms. The van der Waals surface area contributed by atoms with E-state index in [0.717, 1.165) is 24.3 Å². The summed E-state index contributed by atoms with van der Waals surface area (Å²) in [7, 11) is 0. The van der Waals surface area contributed by atoms with Crippen LogP contribution < -0.4 is 25.9 Å². The number of carbonyl (C=O) groups excluding carboxylic acids is 1. The molecule has 0 bridgehead atoms. The van der Waals surface area contributed by atoms with Gasteiger partial charge in [0.15, 0.2) is 0 Å². The van der Waals surface area contributed by atoms with Gasteiger partial charge < -0.3 is 9.47 Å². The van der Waals surface area contributed by atoms with Crippen LogP contribution in [0.25, 0.3) is 17.0 Å². The highest BCUT2D eigenvalue weighted by Gasteiger charge is 2.13. The molecule has 12 heteroatoms. The molecule has 3 rings (SSSR count). The maximum atomic E-state index is 12.7. The van der Waals surface area contributed by atoms with E-state index in [1.54, 1.807) is 31.2 Å². The number of halogens is 4. The zero-order valence-corrected chi connectivity index (χ0v) is 17.1. The van der Waals surface area contributed by atoms with Gasteiger partial charge in [0, 0.05) is 24.3 Å². The van der Waals surface area contributed by atoms with E-state index in [1.165, 1.54) is 10.6 Å². The third-order valence-corrected chi connectivity index (χ3v) is 4.32. The number of ether oxygens (including phenoxy) is 2. The Labute approximate surface area is 184 Å². The van der Waals surface area contributed by atoms with Gasteiger partial charge in [-0.15, -0.1) is 0 Å². The fraction of sp³-hybridized carbons (Fsp3) is 0.190. The van der Waals surface area contributed by atoms with Gasteiger partial charge in [0.1, 0.15) is 11.5 Å². The molecular formula is C21H18F4N4O4. The molecule has 174 valence electrons. The van der Waals surface area contributed by atoms with Crippen LogP contribution in [0, 0.1) is 0 Å². The van der Waals surface area contributed by atoms with Crippen molar-refractivity contribution in [3.05, 3.63) is 64.5 Å². The quantitative estimate of drug-likeness (QED) is 0.283. The number of amides is 1. The summed E-state index contributed by atoms with van der Waals surface area (Å²) in [5, 5.41) is 0.418. The lowest BCUT2D eigenvalue weighted by atomic mass is 10.1. The molecule has 0 fully saturated rings. The minimum atomic E-state index is -3.22. The summed E-state index contributed by atoms with van der Waals surface area (Å²) in [6.45, 7) is -4.35. The van der Waals surface area contributed by atoms with Gasteiger partial charge >= 0.3 is 13.2 Å². The summed E-state index contributed by atoms with van der Waals surface area (Å²) in [4.78, 5) is 29.1. The average molecular weight is 466 g/mol. The van der Waals surface area contributed by atoms with Gasteiger partial charge in [-0.2, -0.15) is 17.6 Å². The minimum Gasteiger partial charge on any atom is -0.435 e. The van der Waals surface area contributed by atoms with Crippen molar-refractivity contribution in [2.75, 3.05) is 5.43 Å². The number of nitrogens with zero attached hydrogens (tertiary/aromatic N) is 2. The van der Waals surface area contributed by atoms with Crippen LogP contribution in [-0.2, 0) is 11.3 Å². The molecule has 0 radical (unpaired) electrons. The molecule has 8 nitrogen and oxygen atoms in total. The summed E-state index contributed by atoms with van der Waals surface area (Å²) >= 11 is 0. The van der Waals surface area contributed by atoms with E-state index in [1.807, 2.05) is 0 Å². The number of nitrogens with one attached hydrogen (secondary N) is 2. The van der Waals surface area contributed by atoms with Gasteiger partial charge in [-0.1, -0.05) is 12.1 Å². The highest BCUT2D eigenvalue weighted by molar-refractivity contribution is 5.92. The Bertz CT molecular complexity index is 1230. The van der Waals surface area contributed by atoms with Crippen LogP contribution in [0.1, 0.15) is 12.5 Å². The number of anilines is 1. The number of hydrazine groups is 1. The maximum absolute atomic E-state index is 12.7. The van der Waals surface area contributed by atoms with Crippen molar-refractivity contribution in [3.63, 3.8) is 0 Å². The van der Waals surface area contributed by atoms with Gasteiger partial charge in [-0.05, 0) is 37.3 Å². The predicted molar refractivity (Wildman–Crippen MR) is 112 cm³/mol. The molecule has 3 aromatic rings. The Morgan fingerprint density at radius 3 is 2.55 bits per heavy atom. The van der Waals surface area contributed by atoms with E-state index < -0.39 is 24.9 Å². The van der Waals surface area contributed by atoms with Crippen molar-refractivity contribution in [1.29, 1.82) is 0 Å². The number of aromatic nitrogens is 2. The molecule has 0 aliphatic rings. The van der Waals surface area contributed by atoms with Gasteiger partial charge in [0.05, 0.1) is 10.9 Å². The van der Waals surface area contributed by atoms with Gasteiger partial charge in [-0.3, -0.25) is 25.0 Å². The number of para-hydroxylation sites is 1. The topological polar surface area (TPSA) is 94.5 Å². The van der Waals surface area contributed by atoms with E-state index in [9.17, 15) is 27.2 Å². The second-order valence-corrected chi connectivity index (χ2v) is 6.41. The molecule has 0 saturated carbocycles. The molecule has 0 aliphatic heterocycles. The summed E-state index contributed by atoms with van der Waals surface area (Å²) in [5.74, 6) is -1.46. The largest absolute Gasteiger partial charge is 0.435 e. The lowest BCUT2D eigenvalue weighted by Crippen LogP contribution is -2.33. The van der Waals surface area contributed by atoms with Crippen molar-refractivity contribution in [3.8, 4) is 11.5 Å². The van der Waals surface area contributed by atoms with E-state index in [0.29, 0.717) is 10.9 Å². The first kappa shape index (κ1) is 23.6. The lowest BCUT2D eigenvalue weighted by molar-refractivity contribution is -0.116. The normalized spacial score (nSPS) is 11.4. The van der Waals surface area contributed by atoms with Crippen molar-refractivity contribution in [2.24, 2.45) is 0 Å². The van der Waals surface area contributed by atoms with Crippen molar-refractivity contribution < 1.29 is 31.8 Å². The van der Waals surface area contributed by atoms with Crippen molar-refractivity contribution >= 4 is 28.8 Å². The highest BCUT2D eigenvalue weighted by atomic mass is 19.3. The molecule has 2 aromatic carbocycles. The summed E-state index contributed by atoms with van der Waals surface area (Å²) in [6.07, 6.45) is 2.13. The summed E-state index contributed by atoms with van der Waals surface area (Å²) in [6, 6.07) is 9.85. The second kappa shape index (κ2) is 10.5. The SMILES string of the molecule is CCn1c(NNC(=O)/C=C/c2ccc(OC(F)F)cc2OC(F)F)nc2ccccc2c1=O. The molecule has 1 amide bonds. The maximum Gasteiger partial charge on any atom is 0.387 e. The zero-order valence-electron chi connectivity index (χ0n) is 17.1. The molecule has 1 aromatic heterocycles. The average Bonchev–Trinajstić information content (AvgIpc) is 2.76. The molecule has 33 heavy (non-hydrogen) atoms. The number of carbonyl (C=O) groups is 1. The first-order chi connectivity index (χ1) is 15.8. The van der Waals surface area contributed by atoms with Gasteiger partial charge in [-0.25, -0.2) is 4.98 Å². The van der Waals surface area contributed by atoms with Crippen LogP contribution in [0.3, 0.4) is 0 Å². The monoisotopic (exact) mass is 466 g/mol. The molecule has 0 saturated heterocycles. The van der Waals surface area contributed by atoms with Gasteiger partial charge in [0.25, 0.3) is 11.5 Å². The van der Waals surface area contributed by atoms with E-state index in [2.05, 4.69) is 25.3 Å². The Hall–Kier alpha value is -4.09. The van der Waals surface area contributed by atoms with E-state index >= 15 is 0 Å². The molecule has 0 atom stereocenters. The van der Waals surface area contributed by atoms with Crippen LogP contribution in [0.4, 0.5) is 23.5 Å². The van der Waals surface area contributed by atoms with Crippen molar-refractivity contribution in [1.82, 2.24) is 15.0 Å². The molecular weight excluding hydrogens is 448 g/mol. The lowest BCUT2D eigenvalue weighted by Gasteiger charge is -2.13. The van der Waals surface area contributed by atoms with Crippen LogP contribution in [0.5, 0.6) is 11.5 Å². The Morgan fingerprint density at radius 2 is 1.85 bits per heavy atom. The highest BCUT2D eigenvalue weighted by Crippen LogP contribution is 2.28. The molecule has 0 unspecified atom stereocenters. The van der Waals surface area contributed by atoms with Crippen LogP contribution in [0.2, 0.25) is 0 Å². The number of fused-ring (bicyclic) bond motifs is 1. The number of hydrogen-bond acceptors (Lipinski definition) is 6. The van der Waals surface area contributed by atoms with E-state index in [4.69, 9.17) is 0 Å². The number of rotatable bonds is 9. The number of alkyl halides is 4. The number of benzene rings is 2. The molecule has 0 aliphatic carbocycles. The summed E-state index contributed by atoms with van der Waals surface area (Å²) < 4.78 is 59.8. The predicted octanol–water partition coefficient (Wildman–Crippen LogP) is 3.78. The fourth-order valence-corrected chi connectivity index (χ4v) is 2.91. The Morgan fingerprint density at radius 1 is 1.12 bits per heavy atom. The van der Waals surface area contributed by atoms with Crippen LogP contribution in [0.15, 0.2) is 53.3 Å². The summed E-state index contributed by atoms with van der Waals surface area (Å²) in [5.41, 5.74) is 5.03. The first-order valence-electron chi connectivity index (χ1n) is 9.55. The second-order valence-electron chi connectivity index (χ2n) is 6.41. The van der Waals surface area contributed by atoms with Crippen molar-refractivity contribution in [2.45, 2.75) is 26.7 Å². The van der Waals surface area contributed by atoms with E-state index in [-0.39, 0.29) is 29.4 Å². The van der Waals surface area contributed by atoms with Gasteiger partial charge in [0.2, 0.25) is 5.95 Å². The number of hydrogen-bond donors (Lipinski definition) is 2. The smallest absolute Gasteiger partial charge is 0.387 e. The Balaban J connectivity index is 1.76. The fourth-order valence-electron chi connectivity index (χ4n) is 2.91. The minimum absolute atomic E-state index is 0.0152. The third kappa shape index (κ3) is 5.99. The first-order valence-corrected chi connectivity index (χ1v) is 9.55. The standard InChI is InChI=1S/C21H18F4N4O4/c1-2-29-18(31)14-5-3-4-6-15(14)26-21(29)28-27-17(30)10-8-12-7-9-13(32-19(22)23)11-16(12)33-20(24)25/h3-11,19-20H,2H2,1H3,(H,26,28)(H,27,30)/b10-8+. The third-order valence-electron chi connectivity index (χ3n) is 4.32.